The molecule has 3 nitrogen and oxygen atoms in total. The van der Waals surface area contributed by atoms with Crippen molar-refractivity contribution >= 4 is 40.2 Å². The van der Waals surface area contributed by atoms with Gasteiger partial charge in [0.05, 0.1) is 17.1 Å². The molecule has 0 aromatic heterocycles. The first-order valence-corrected chi connectivity index (χ1v) is 6.78. The van der Waals surface area contributed by atoms with E-state index in [4.69, 9.17) is 4.74 Å². The normalized spacial score (nSPS) is 10.1. The van der Waals surface area contributed by atoms with E-state index in [-0.39, 0.29) is 5.91 Å². The third kappa shape index (κ3) is 3.30. The standard InChI is InChI=1S/C14H12BrNO2S/c1-18-12-8-9(6-7-11(12)15)16-14(17)10-4-2-3-5-13(10)19/h2-8,19H,1H3,(H,16,17). The number of hydrogen-bond acceptors (Lipinski definition) is 3. The smallest absolute Gasteiger partial charge is 0.256 e. The summed E-state index contributed by atoms with van der Waals surface area (Å²) in [5.41, 5.74) is 1.20. The molecule has 2 aromatic carbocycles. The van der Waals surface area contributed by atoms with Gasteiger partial charge in [-0.05, 0) is 40.2 Å². The largest absolute Gasteiger partial charge is 0.495 e. The molecule has 0 saturated heterocycles. The molecule has 0 aliphatic carbocycles. The number of amides is 1. The Labute approximate surface area is 125 Å². The maximum absolute atomic E-state index is 12.1. The number of thiol groups is 1. The lowest BCUT2D eigenvalue weighted by Crippen LogP contribution is -2.12. The minimum absolute atomic E-state index is 0.199. The Kier molecular flexibility index (Phi) is 4.50. The second-order valence-corrected chi connectivity index (χ2v) is 5.16. The van der Waals surface area contributed by atoms with Crippen LogP contribution in [-0.4, -0.2) is 13.0 Å². The van der Waals surface area contributed by atoms with E-state index in [0.29, 0.717) is 21.9 Å². The Morgan fingerprint density at radius 1 is 1.26 bits per heavy atom. The fourth-order valence-corrected chi connectivity index (χ4v) is 2.27. The number of carbonyl (C=O) groups excluding carboxylic acids is 1. The number of nitrogens with one attached hydrogen (secondary N) is 1. The van der Waals surface area contributed by atoms with Gasteiger partial charge in [-0.2, -0.15) is 0 Å². The SMILES string of the molecule is COc1cc(NC(=O)c2ccccc2S)ccc1Br. The van der Waals surface area contributed by atoms with Crippen LogP contribution in [0.15, 0.2) is 51.8 Å². The van der Waals surface area contributed by atoms with E-state index in [1.165, 1.54) is 0 Å². The zero-order chi connectivity index (χ0) is 13.8. The van der Waals surface area contributed by atoms with Gasteiger partial charge >= 0.3 is 0 Å². The van der Waals surface area contributed by atoms with Gasteiger partial charge in [-0.1, -0.05) is 12.1 Å². The van der Waals surface area contributed by atoms with Crippen LogP contribution in [0.1, 0.15) is 10.4 Å². The molecule has 0 atom stereocenters. The maximum Gasteiger partial charge on any atom is 0.256 e. The minimum atomic E-state index is -0.199. The molecule has 1 amide bonds. The molecule has 1 N–H and O–H groups in total. The lowest BCUT2D eigenvalue weighted by molar-refractivity contribution is 0.102. The van der Waals surface area contributed by atoms with Crippen molar-refractivity contribution in [1.29, 1.82) is 0 Å². The van der Waals surface area contributed by atoms with E-state index in [1.807, 2.05) is 12.1 Å². The third-order valence-corrected chi connectivity index (χ3v) is 3.60. The van der Waals surface area contributed by atoms with E-state index in [0.717, 1.165) is 4.47 Å². The molecular formula is C14H12BrNO2S. The van der Waals surface area contributed by atoms with Gasteiger partial charge in [0.1, 0.15) is 5.75 Å². The van der Waals surface area contributed by atoms with Crippen molar-refractivity contribution < 1.29 is 9.53 Å². The number of carbonyl (C=O) groups is 1. The summed E-state index contributed by atoms with van der Waals surface area (Å²) < 4.78 is 6.02. The number of methoxy groups -OCH3 is 1. The number of hydrogen-bond donors (Lipinski definition) is 2. The van der Waals surface area contributed by atoms with Gasteiger partial charge < -0.3 is 10.1 Å². The molecule has 5 heteroatoms. The molecule has 98 valence electrons. The molecule has 19 heavy (non-hydrogen) atoms. The summed E-state index contributed by atoms with van der Waals surface area (Å²) in [7, 11) is 1.58. The number of ether oxygens (including phenoxy) is 1. The van der Waals surface area contributed by atoms with E-state index in [1.54, 1.807) is 37.4 Å². The molecule has 2 rings (SSSR count). The average molecular weight is 338 g/mol. The topological polar surface area (TPSA) is 38.3 Å². The number of halogens is 1. The molecule has 0 aliphatic heterocycles. The summed E-state index contributed by atoms with van der Waals surface area (Å²) in [5, 5.41) is 2.81. The summed E-state index contributed by atoms with van der Waals surface area (Å²) in [4.78, 5) is 12.7. The highest BCUT2D eigenvalue weighted by Crippen LogP contribution is 2.28. The molecule has 0 unspecified atom stereocenters. The zero-order valence-corrected chi connectivity index (χ0v) is 12.7. The second kappa shape index (κ2) is 6.12. The van der Waals surface area contributed by atoms with E-state index in [2.05, 4.69) is 33.9 Å². The summed E-state index contributed by atoms with van der Waals surface area (Å²) >= 11 is 7.63. The highest BCUT2D eigenvalue weighted by atomic mass is 79.9. The van der Waals surface area contributed by atoms with Gasteiger partial charge in [-0.3, -0.25) is 4.79 Å². The van der Waals surface area contributed by atoms with Crippen LogP contribution in [0.4, 0.5) is 5.69 Å². The second-order valence-electron chi connectivity index (χ2n) is 3.82. The first-order chi connectivity index (χ1) is 9.11. The first kappa shape index (κ1) is 14.0. The number of anilines is 1. The molecule has 0 radical (unpaired) electrons. The number of benzene rings is 2. The average Bonchev–Trinajstić information content (AvgIpc) is 2.41. The fourth-order valence-electron chi connectivity index (χ4n) is 1.60. The van der Waals surface area contributed by atoms with Crippen LogP contribution in [0.3, 0.4) is 0 Å². The molecule has 0 bridgehead atoms. The van der Waals surface area contributed by atoms with Gasteiger partial charge in [0, 0.05) is 16.6 Å². The fraction of sp³-hybridized carbons (Fsp3) is 0.0714. The van der Waals surface area contributed by atoms with Crippen molar-refractivity contribution in [3.8, 4) is 5.75 Å². The zero-order valence-electron chi connectivity index (χ0n) is 10.2. The van der Waals surface area contributed by atoms with Crippen molar-refractivity contribution in [1.82, 2.24) is 0 Å². The van der Waals surface area contributed by atoms with Crippen molar-refractivity contribution in [3.63, 3.8) is 0 Å². The van der Waals surface area contributed by atoms with E-state index < -0.39 is 0 Å². The maximum atomic E-state index is 12.1. The van der Waals surface area contributed by atoms with Crippen molar-refractivity contribution in [3.05, 3.63) is 52.5 Å². The third-order valence-electron chi connectivity index (χ3n) is 2.56. The van der Waals surface area contributed by atoms with Crippen LogP contribution in [0.25, 0.3) is 0 Å². The van der Waals surface area contributed by atoms with Crippen LogP contribution >= 0.6 is 28.6 Å². The Bertz CT molecular complexity index is 616. The van der Waals surface area contributed by atoms with Gasteiger partial charge in [0.15, 0.2) is 0 Å². The van der Waals surface area contributed by atoms with Gasteiger partial charge in [-0.15, -0.1) is 12.6 Å². The molecular weight excluding hydrogens is 326 g/mol. The first-order valence-electron chi connectivity index (χ1n) is 5.54. The summed E-state index contributed by atoms with van der Waals surface area (Å²) in [5.74, 6) is 0.465. The molecule has 2 aromatic rings. The molecule has 0 saturated carbocycles. The molecule has 0 heterocycles. The van der Waals surface area contributed by atoms with Crippen LogP contribution in [0.2, 0.25) is 0 Å². The summed E-state index contributed by atoms with van der Waals surface area (Å²) in [6.07, 6.45) is 0. The van der Waals surface area contributed by atoms with E-state index in [9.17, 15) is 4.79 Å². The Morgan fingerprint density at radius 3 is 2.68 bits per heavy atom. The Hall–Kier alpha value is -1.46. The lowest BCUT2D eigenvalue weighted by atomic mass is 10.2. The van der Waals surface area contributed by atoms with Crippen LogP contribution in [0.5, 0.6) is 5.75 Å². The summed E-state index contributed by atoms with van der Waals surface area (Å²) in [6.45, 7) is 0. The van der Waals surface area contributed by atoms with Crippen molar-refractivity contribution in [2.75, 3.05) is 12.4 Å². The molecule has 0 aliphatic rings. The van der Waals surface area contributed by atoms with Crippen LogP contribution in [0, 0.1) is 0 Å². The van der Waals surface area contributed by atoms with Crippen LogP contribution in [-0.2, 0) is 0 Å². The summed E-state index contributed by atoms with van der Waals surface area (Å²) in [6, 6.07) is 12.5. The number of rotatable bonds is 3. The minimum Gasteiger partial charge on any atom is -0.495 e. The Morgan fingerprint density at radius 2 is 2.00 bits per heavy atom. The quantitative estimate of drug-likeness (QED) is 0.831. The highest BCUT2D eigenvalue weighted by Gasteiger charge is 2.10. The predicted molar refractivity (Wildman–Crippen MR) is 82.3 cm³/mol. The van der Waals surface area contributed by atoms with Gasteiger partial charge in [0.2, 0.25) is 0 Å². The van der Waals surface area contributed by atoms with Gasteiger partial charge in [-0.25, -0.2) is 0 Å². The highest BCUT2D eigenvalue weighted by molar-refractivity contribution is 9.10. The van der Waals surface area contributed by atoms with Crippen molar-refractivity contribution in [2.24, 2.45) is 0 Å². The Balaban J connectivity index is 2.22. The van der Waals surface area contributed by atoms with Crippen molar-refractivity contribution in [2.45, 2.75) is 4.90 Å². The lowest BCUT2D eigenvalue weighted by Gasteiger charge is -2.09. The van der Waals surface area contributed by atoms with E-state index >= 15 is 0 Å². The molecule has 0 spiro atoms. The predicted octanol–water partition coefficient (Wildman–Crippen LogP) is 4.00. The van der Waals surface area contributed by atoms with Gasteiger partial charge in [0.25, 0.3) is 5.91 Å². The molecule has 0 fully saturated rings. The monoisotopic (exact) mass is 337 g/mol. The van der Waals surface area contributed by atoms with Crippen LogP contribution < -0.4 is 10.1 Å².